The molecule has 0 saturated heterocycles. The van der Waals surface area contributed by atoms with Gasteiger partial charge in [0.2, 0.25) is 0 Å². The normalized spacial score (nSPS) is 10.8. The van der Waals surface area contributed by atoms with Gasteiger partial charge < -0.3 is 0 Å². The van der Waals surface area contributed by atoms with Gasteiger partial charge in [-0.05, 0) is 36.8 Å². The van der Waals surface area contributed by atoms with Crippen molar-refractivity contribution in [3.05, 3.63) is 57.8 Å². The summed E-state index contributed by atoms with van der Waals surface area (Å²) in [5.74, 6) is 1.02. The fourth-order valence-electron chi connectivity index (χ4n) is 2.43. The molecule has 21 heavy (non-hydrogen) atoms. The average Bonchev–Trinajstić information content (AvgIpc) is 2.88. The van der Waals surface area contributed by atoms with E-state index in [4.69, 9.17) is 11.6 Å². The highest BCUT2D eigenvalue weighted by atomic mass is 79.9. The molecule has 3 aromatic rings. The third-order valence-corrected chi connectivity index (χ3v) is 4.57. The molecule has 3 rings (SSSR count). The lowest BCUT2D eigenvalue weighted by molar-refractivity contribution is 0.971. The third kappa shape index (κ3) is 2.23. The van der Waals surface area contributed by atoms with Gasteiger partial charge in [0.15, 0.2) is 0 Å². The summed E-state index contributed by atoms with van der Waals surface area (Å²) >= 11 is 9.61. The molecule has 0 fully saturated rings. The molecule has 0 saturated carbocycles. The van der Waals surface area contributed by atoms with Crippen molar-refractivity contribution in [1.29, 1.82) is 5.26 Å². The number of alkyl halides is 1. The van der Waals surface area contributed by atoms with Gasteiger partial charge in [0, 0.05) is 4.47 Å². The Balaban J connectivity index is 2.42. The van der Waals surface area contributed by atoms with Crippen LogP contribution in [0.1, 0.15) is 17.0 Å². The van der Waals surface area contributed by atoms with Crippen molar-refractivity contribution in [2.24, 2.45) is 0 Å². The zero-order valence-corrected chi connectivity index (χ0v) is 13.6. The number of aromatic nitrogens is 2. The van der Waals surface area contributed by atoms with Crippen LogP contribution in [-0.2, 0) is 5.88 Å². The Kier molecular flexibility index (Phi) is 3.71. The molecule has 3 nitrogen and oxygen atoms in total. The first kappa shape index (κ1) is 14.1. The molecule has 0 atom stereocenters. The highest BCUT2D eigenvalue weighted by molar-refractivity contribution is 9.10. The van der Waals surface area contributed by atoms with E-state index in [1.54, 1.807) is 6.07 Å². The lowest BCUT2D eigenvalue weighted by Crippen LogP contribution is -2.01. The van der Waals surface area contributed by atoms with Gasteiger partial charge in [-0.1, -0.05) is 28.1 Å². The summed E-state index contributed by atoms with van der Waals surface area (Å²) in [5, 5.41) is 9.24. The van der Waals surface area contributed by atoms with Gasteiger partial charge in [0.25, 0.3) is 0 Å². The highest BCUT2D eigenvalue weighted by Crippen LogP contribution is 2.29. The molecular formula is C16H11BrClN3. The summed E-state index contributed by atoms with van der Waals surface area (Å²) in [7, 11) is 0. The number of fused-ring (bicyclic) bond motifs is 1. The van der Waals surface area contributed by atoms with E-state index in [0.717, 1.165) is 27.1 Å². The van der Waals surface area contributed by atoms with Crippen molar-refractivity contribution in [2.45, 2.75) is 12.8 Å². The van der Waals surface area contributed by atoms with Gasteiger partial charge in [-0.2, -0.15) is 5.26 Å². The zero-order chi connectivity index (χ0) is 15.0. The van der Waals surface area contributed by atoms with Gasteiger partial charge in [0.05, 0.1) is 22.6 Å². The zero-order valence-electron chi connectivity index (χ0n) is 11.3. The second kappa shape index (κ2) is 5.51. The van der Waals surface area contributed by atoms with Crippen molar-refractivity contribution in [3.8, 4) is 11.8 Å². The van der Waals surface area contributed by atoms with Gasteiger partial charge in [-0.3, -0.25) is 4.57 Å². The molecule has 0 radical (unpaired) electrons. The van der Waals surface area contributed by atoms with Gasteiger partial charge in [-0.15, -0.1) is 11.6 Å². The minimum absolute atomic E-state index is 0.283. The number of hydrogen-bond acceptors (Lipinski definition) is 2. The summed E-state index contributed by atoms with van der Waals surface area (Å²) in [6.07, 6.45) is 0. The molecule has 0 aliphatic rings. The van der Waals surface area contributed by atoms with Gasteiger partial charge >= 0.3 is 0 Å². The fourth-order valence-corrected chi connectivity index (χ4v) is 2.97. The Labute approximate surface area is 135 Å². The van der Waals surface area contributed by atoms with Crippen molar-refractivity contribution in [2.75, 3.05) is 0 Å². The number of halogens is 2. The van der Waals surface area contributed by atoms with Crippen LogP contribution < -0.4 is 0 Å². The molecule has 1 heterocycles. The number of para-hydroxylation sites is 1. The Hall–Kier alpha value is -1.83. The van der Waals surface area contributed by atoms with Crippen LogP contribution in [0.15, 0.2) is 40.9 Å². The predicted octanol–water partition coefficient (Wildman–Crippen LogP) is 4.71. The summed E-state index contributed by atoms with van der Waals surface area (Å²) in [6, 6.07) is 13.8. The number of nitrogens with zero attached hydrogens (tertiary/aromatic N) is 3. The van der Waals surface area contributed by atoms with E-state index in [0.29, 0.717) is 11.1 Å². The molecule has 0 aliphatic carbocycles. The maximum absolute atomic E-state index is 9.24. The average molecular weight is 361 g/mol. The lowest BCUT2D eigenvalue weighted by atomic mass is 10.1. The van der Waals surface area contributed by atoms with Crippen LogP contribution in [0.5, 0.6) is 0 Å². The number of rotatable bonds is 2. The third-order valence-electron chi connectivity index (χ3n) is 3.47. The minimum Gasteiger partial charge on any atom is -0.295 e. The standard InChI is InChI=1S/C16H11BrClN3/c1-10-12(17)5-3-6-13(10)21-14-7-2-4-11(9-19)16(14)20-15(21)8-18/h2-7H,8H2,1H3. The lowest BCUT2D eigenvalue weighted by Gasteiger charge is -2.12. The molecule has 2 aromatic carbocycles. The first-order valence-electron chi connectivity index (χ1n) is 6.39. The Morgan fingerprint density at radius 2 is 2.05 bits per heavy atom. The van der Waals surface area contributed by atoms with Crippen LogP contribution in [0.25, 0.3) is 16.7 Å². The van der Waals surface area contributed by atoms with E-state index < -0.39 is 0 Å². The van der Waals surface area contributed by atoms with Crippen LogP contribution in [0.3, 0.4) is 0 Å². The van der Waals surface area contributed by atoms with Gasteiger partial charge in [-0.25, -0.2) is 4.98 Å². The van der Waals surface area contributed by atoms with E-state index >= 15 is 0 Å². The van der Waals surface area contributed by atoms with Crippen LogP contribution in [0, 0.1) is 18.3 Å². The molecule has 0 bridgehead atoms. The topological polar surface area (TPSA) is 41.6 Å². The van der Waals surface area contributed by atoms with Crippen molar-refractivity contribution >= 4 is 38.6 Å². The number of nitriles is 1. The molecule has 0 N–H and O–H groups in total. The summed E-state index contributed by atoms with van der Waals surface area (Å²) in [5.41, 5.74) is 4.26. The maximum Gasteiger partial charge on any atom is 0.129 e. The van der Waals surface area contributed by atoms with E-state index in [-0.39, 0.29) is 5.88 Å². The number of hydrogen-bond donors (Lipinski definition) is 0. The Morgan fingerprint density at radius 1 is 1.29 bits per heavy atom. The SMILES string of the molecule is Cc1c(Br)cccc1-n1c(CCl)nc2c(C#N)cccc21. The quantitative estimate of drug-likeness (QED) is 0.621. The van der Waals surface area contributed by atoms with Crippen LogP contribution in [0.4, 0.5) is 0 Å². The summed E-state index contributed by atoms with van der Waals surface area (Å²) < 4.78 is 3.04. The molecule has 5 heteroatoms. The van der Waals surface area contributed by atoms with Crippen LogP contribution in [-0.4, -0.2) is 9.55 Å². The fraction of sp³-hybridized carbons (Fsp3) is 0.125. The largest absolute Gasteiger partial charge is 0.295 e. The van der Waals surface area contributed by atoms with E-state index in [1.165, 1.54) is 0 Å². The van der Waals surface area contributed by atoms with E-state index in [1.807, 2.05) is 41.8 Å². The molecular weight excluding hydrogens is 350 g/mol. The first-order chi connectivity index (χ1) is 10.2. The van der Waals surface area contributed by atoms with Crippen molar-refractivity contribution < 1.29 is 0 Å². The van der Waals surface area contributed by atoms with Crippen molar-refractivity contribution in [1.82, 2.24) is 9.55 Å². The second-order valence-electron chi connectivity index (χ2n) is 4.67. The van der Waals surface area contributed by atoms with E-state index in [9.17, 15) is 5.26 Å². The molecule has 0 spiro atoms. The first-order valence-corrected chi connectivity index (χ1v) is 7.72. The molecule has 0 aliphatic heterocycles. The smallest absolute Gasteiger partial charge is 0.129 e. The van der Waals surface area contributed by atoms with Gasteiger partial charge in [0.1, 0.15) is 17.4 Å². The number of benzene rings is 2. The predicted molar refractivity (Wildman–Crippen MR) is 87.8 cm³/mol. The minimum atomic E-state index is 0.283. The summed E-state index contributed by atoms with van der Waals surface area (Å²) in [6.45, 7) is 2.04. The summed E-state index contributed by atoms with van der Waals surface area (Å²) in [4.78, 5) is 4.54. The Morgan fingerprint density at radius 3 is 2.76 bits per heavy atom. The van der Waals surface area contributed by atoms with Crippen molar-refractivity contribution in [3.63, 3.8) is 0 Å². The number of imidazole rings is 1. The molecule has 1 aromatic heterocycles. The monoisotopic (exact) mass is 359 g/mol. The van der Waals surface area contributed by atoms with E-state index in [2.05, 4.69) is 27.0 Å². The van der Waals surface area contributed by atoms with Crippen LogP contribution >= 0.6 is 27.5 Å². The Bertz CT molecular complexity index is 877. The molecule has 104 valence electrons. The molecule has 0 unspecified atom stereocenters. The van der Waals surface area contributed by atoms with Crippen LogP contribution in [0.2, 0.25) is 0 Å². The maximum atomic E-state index is 9.24. The second-order valence-corrected chi connectivity index (χ2v) is 5.79. The highest BCUT2D eigenvalue weighted by Gasteiger charge is 2.16. The molecule has 0 amide bonds.